The average Bonchev–Trinajstić information content (AvgIpc) is 3.03. The predicted octanol–water partition coefficient (Wildman–Crippen LogP) is -0.208. The smallest absolute Gasteiger partial charge is 0.326 e. The lowest BCUT2D eigenvalue weighted by atomic mass is 10.1. The Morgan fingerprint density at radius 3 is 2.52 bits per heavy atom. The highest BCUT2D eigenvalue weighted by Crippen LogP contribution is 2.05. The van der Waals surface area contributed by atoms with Crippen molar-refractivity contribution < 1.29 is 19.5 Å². The van der Waals surface area contributed by atoms with Crippen LogP contribution in [0, 0.1) is 0 Å². The van der Waals surface area contributed by atoms with E-state index < -0.39 is 17.9 Å². The topological polar surface area (TPSA) is 117 Å². The Kier molecular flexibility index (Phi) is 5.83. The molecule has 0 aliphatic carbocycles. The molecule has 1 atom stereocenters. The van der Waals surface area contributed by atoms with Gasteiger partial charge in [0.05, 0.1) is 6.20 Å². The normalized spacial score (nSPS) is 11.6. The van der Waals surface area contributed by atoms with Crippen molar-refractivity contribution in [2.24, 2.45) is 0 Å². The Bertz CT molecular complexity index is 757. The van der Waals surface area contributed by atoms with Crippen LogP contribution in [0.15, 0.2) is 36.5 Å². The first-order valence-electron chi connectivity index (χ1n) is 7.54. The van der Waals surface area contributed by atoms with Crippen LogP contribution in [0.2, 0.25) is 0 Å². The van der Waals surface area contributed by atoms with Gasteiger partial charge in [0.25, 0.3) is 5.91 Å². The molecule has 9 heteroatoms. The second-order valence-electron chi connectivity index (χ2n) is 5.64. The summed E-state index contributed by atoms with van der Waals surface area (Å²) in [6.07, 6.45) is 1.45. The minimum absolute atomic E-state index is 0.0501. The molecule has 132 valence electrons. The van der Waals surface area contributed by atoms with Gasteiger partial charge in [0.1, 0.15) is 12.6 Å². The van der Waals surface area contributed by atoms with Gasteiger partial charge in [-0.3, -0.25) is 9.59 Å². The highest BCUT2D eigenvalue weighted by molar-refractivity contribution is 5.94. The first-order chi connectivity index (χ1) is 11.9. The fraction of sp³-hybridized carbons (Fsp3) is 0.312. The molecule has 0 spiro atoms. The van der Waals surface area contributed by atoms with Gasteiger partial charge in [0.2, 0.25) is 5.91 Å². The van der Waals surface area contributed by atoms with Crippen LogP contribution in [0.4, 0.5) is 0 Å². The summed E-state index contributed by atoms with van der Waals surface area (Å²) in [6.45, 7) is -0.0559. The van der Waals surface area contributed by atoms with Crippen molar-refractivity contribution in [3.05, 3.63) is 47.8 Å². The van der Waals surface area contributed by atoms with Gasteiger partial charge >= 0.3 is 5.97 Å². The number of aromatic nitrogens is 3. The van der Waals surface area contributed by atoms with Crippen LogP contribution in [0.1, 0.15) is 16.1 Å². The molecular formula is C16H19N5O4. The van der Waals surface area contributed by atoms with E-state index in [-0.39, 0.29) is 24.6 Å². The Balaban J connectivity index is 2.02. The van der Waals surface area contributed by atoms with Gasteiger partial charge < -0.3 is 15.3 Å². The largest absolute Gasteiger partial charge is 0.480 e. The van der Waals surface area contributed by atoms with Crippen molar-refractivity contribution in [3.63, 3.8) is 0 Å². The number of carboxylic acids is 1. The molecule has 0 radical (unpaired) electrons. The standard InChI is InChI=1S/C16H19N5O4/c1-20(2)14(22)10-21-9-13(18-19-21)15(23)17-12(16(24)25)8-11-6-4-3-5-7-11/h3-7,9,12H,8,10H2,1-2H3,(H,17,23)(H,24,25)/t12-/m0/s1. The Labute approximate surface area is 144 Å². The molecule has 1 aromatic carbocycles. The van der Waals surface area contributed by atoms with Crippen LogP contribution in [-0.4, -0.2) is 62.9 Å². The monoisotopic (exact) mass is 345 g/mol. The zero-order chi connectivity index (χ0) is 18.4. The predicted molar refractivity (Wildman–Crippen MR) is 87.8 cm³/mol. The maximum Gasteiger partial charge on any atom is 0.326 e. The first kappa shape index (κ1) is 18.1. The zero-order valence-corrected chi connectivity index (χ0v) is 13.9. The summed E-state index contributed by atoms with van der Waals surface area (Å²) in [5.41, 5.74) is 0.737. The summed E-state index contributed by atoms with van der Waals surface area (Å²) in [5.74, 6) is -2.01. The fourth-order valence-electron chi connectivity index (χ4n) is 2.04. The number of carboxylic acid groups (broad SMARTS) is 1. The molecule has 2 aromatic rings. The van der Waals surface area contributed by atoms with Crippen LogP contribution in [-0.2, 0) is 22.6 Å². The third-order valence-corrected chi connectivity index (χ3v) is 3.45. The van der Waals surface area contributed by atoms with Gasteiger partial charge in [-0.15, -0.1) is 5.10 Å². The molecule has 9 nitrogen and oxygen atoms in total. The molecule has 0 aliphatic rings. The Morgan fingerprint density at radius 2 is 1.92 bits per heavy atom. The van der Waals surface area contributed by atoms with E-state index in [1.165, 1.54) is 15.8 Å². The maximum atomic E-state index is 12.2. The number of aliphatic carboxylic acids is 1. The lowest BCUT2D eigenvalue weighted by molar-refractivity contribution is -0.139. The lowest BCUT2D eigenvalue weighted by Crippen LogP contribution is -2.42. The molecule has 2 amide bonds. The summed E-state index contributed by atoms with van der Waals surface area (Å²) < 4.78 is 1.23. The van der Waals surface area contributed by atoms with Crippen LogP contribution in [0.3, 0.4) is 0 Å². The average molecular weight is 345 g/mol. The van der Waals surface area contributed by atoms with Crippen molar-refractivity contribution in [1.29, 1.82) is 0 Å². The zero-order valence-electron chi connectivity index (χ0n) is 13.9. The molecule has 0 saturated heterocycles. The molecule has 25 heavy (non-hydrogen) atoms. The number of nitrogens with zero attached hydrogens (tertiary/aromatic N) is 4. The number of rotatable bonds is 7. The number of carbonyl (C=O) groups excluding carboxylic acids is 2. The number of carbonyl (C=O) groups is 3. The van der Waals surface area contributed by atoms with Crippen molar-refractivity contribution in [2.45, 2.75) is 19.0 Å². The third kappa shape index (κ3) is 5.13. The minimum atomic E-state index is -1.15. The molecule has 2 N–H and O–H groups in total. The van der Waals surface area contributed by atoms with Gasteiger partial charge in [-0.1, -0.05) is 35.5 Å². The van der Waals surface area contributed by atoms with Crippen molar-refractivity contribution in [3.8, 4) is 0 Å². The van der Waals surface area contributed by atoms with Gasteiger partial charge in [-0.05, 0) is 5.56 Å². The minimum Gasteiger partial charge on any atom is -0.480 e. The van der Waals surface area contributed by atoms with E-state index in [1.54, 1.807) is 38.4 Å². The molecule has 0 bridgehead atoms. The first-order valence-corrected chi connectivity index (χ1v) is 7.54. The summed E-state index contributed by atoms with van der Waals surface area (Å²) in [4.78, 5) is 36.6. The maximum absolute atomic E-state index is 12.2. The summed E-state index contributed by atoms with van der Waals surface area (Å²) in [7, 11) is 3.21. The molecule has 2 rings (SSSR count). The molecule has 1 heterocycles. The summed E-state index contributed by atoms with van der Waals surface area (Å²) in [5, 5.41) is 19.1. The van der Waals surface area contributed by atoms with Crippen LogP contribution in [0.25, 0.3) is 0 Å². The number of likely N-dealkylation sites (N-methyl/N-ethyl adjacent to an activating group) is 1. The Hall–Kier alpha value is -3.23. The van der Waals surface area contributed by atoms with E-state index in [9.17, 15) is 19.5 Å². The fourth-order valence-corrected chi connectivity index (χ4v) is 2.04. The lowest BCUT2D eigenvalue weighted by Gasteiger charge is -2.13. The molecule has 0 unspecified atom stereocenters. The van der Waals surface area contributed by atoms with Crippen LogP contribution >= 0.6 is 0 Å². The van der Waals surface area contributed by atoms with E-state index in [2.05, 4.69) is 15.6 Å². The quantitative estimate of drug-likeness (QED) is 0.717. The second kappa shape index (κ2) is 8.04. The summed E-state index contributed by atoms with van der Waals surface area (Å²) in [6, 6.07) is 7.89. The number of nitrogens with one attached hydrogen (secondary N) is 1. The van der Waals surface area contributed by atoms with E-state index >= 15 is 0 Å². The molecule has 1 aromatic heterocycles. The number of hydrogen-bond donors (Lipinski definition) is 2. The summed E-state index contributed by atoms with van der Waals surface area (Å²) >= 11 is 0. The van der Waals surface area contributed by atoms with Crippen molar-refractivity contribution in [2.75, 3.05) is 14.1 Å². The van der Waals surface area contributed by atoms with E-state index in [0.29, 0.717) is 0 Å². The number of amides is 2. The SMILES string of the molecule is CN(C)C(=O)Cn1cc(C(=O)N[C@@H](Cc2ccccc2)C(=O)O)nn1. The second-order valence-corrected chi connectivity index (χ2v) is 5.64. The van der Waals surface area contributed by atoms with Gasteiger partial charge in [-0.2, -0.15) is 0 Å². The van der Waals surface area contributed by atoms with Crippen LogP contribution < -0.4 is 5.32 Å². The molecule has 0 fully saturated rings. The molecule has 0 saturated carbocycles. The van der Waals surface area contributed by atoms with E-state index in [0.717, 1.165) is 5.56 Å². The third-order valence-electron chi connectivity index (χ3n) is 3.45. The van der Waals surface area contributed by atoms with Gasteiger partial charge in [0.15, 0.2) is 5.69 Å². The van der Waals surface area contributed by atoms with E-state index in [4.69, 9.17) is 0 Å². The van der Waals surface area contributed by atoms with Gasteiger partial charge in [0, 0.05) is 20.5 Å². The molecular weight excluding hydrogens is 326 g/mol. The molecule has 0 aliphatic heterocycles. The van der Waals surface area contributed by atoms with E-state index in [1.807, 2.05) is 6.07 Å². The number of hydrogen-bond acceptors (Lipinski definition) is 5. The van der Waals surface area contributed by atoms with Crippen molar-refractivity contribution >= 4 is 17.8 Å². The van der Waals surface area contributed by atoms with Gasteiger partial charge in [-0.25, -0.2) is 9.48 Å². The van der Waals surface area contributed by atoms with Crippen LogP contribution in [0.5, 0.6) is 0 Å². The highest BCUT2D eigenvalue weighted by atomic mass is 16.4. The Morgan fingerprint density at radius 1 is 1.24 bits per heavy atom. The number of benzene rings is 1. The highest BCUT2D eigenvalue weighted by Gasteiger charge is 2.23. The van der Waals surface area contributed by atoms with Crippen molar-refractivity contribution in [1.82, 2.24) is 25.2 Å².